The van der Waals surface area contributed by atoms with E-state index in [1.54, 1.807) is 26.2 Å². The lowest BCUT2D eigenvalue weighted by Gasteiger charge is -2.10. The molecule has 0 atom stereocenters. The number of aryl methyl sites for hydroxylation is 1. The number of anilines is 2. The first kappa shape index (κ1) is 18.3. The number of carbonyl (C=O) groups is 1. The number of amides is 1. The molecule has 1 amide bonds. The first-order valence-electron chi connectivity index (χ1n) is 8.33. The summed E-state index contributed by atoms with van der Waals surface area (Å²) >= 11 is 0. The minimum atomic E-state index is -0.505. The summed E-state index contributed by atoms with van der Waals surface area (Å²) < 4.78 is 18.9. The number of methoxy groups -OCH3 is 1. The number of nitrogens with zero attached hydrogens (tertiary/aromatic N) is 2. The van der Waals surface area contributed by atoms with E-state index in [9.17, 15) is 9.18 Å². The highest BCUT2D eigenvalue weighted by Gasteiger charge is 2.12. The van der Waals surface area contributed by atoms with Crippen LogP contribution in [0.25, 0.3) is 0 Å². The van der Waals surface area contributed by atoms with Crippen molar-refractivity contribution in [2.24, 2.45) is 0 Å². The fraction of sp³-hybridized carbons (Fsp3) is 0.150. The van der Waals surface area contributed by atoms with Crippen LogP contribution < -0.4 is 15.4 Å². The predicted molar refractivity (Wildman–Crippen MR) is 101 cm³/mol. The minimum Gasteiger partial charge on any atom is -0.497 e. The largest absolute Gasteiger partial charge is 0.497 e. The van der Waals surface area contributed by atoms with Crippen molar-refractivity contribution in [2.75, 3.05) is 17.7 Å². The maximum absolute atomic E-state index is 13.7. The molecule has 7 heteroatoms. The summed E-state index contributed by atoms with van der Waals surface area (Å²) in [6.07, 6.45) is 0. The molecule has 0 bridgehead atoms. The van der Waals surface area contributed by atoms with Crippen LogP contribution in [0.1, 0.15) is 21.9 Å². The van der Waals surface area contributed by atoms with Gasteiger partial charge in [0.05, 0.1) is 12.8 Å². The second kappa shape index (κ2) is 8.27. The summed E-state index contributed by atoms with van der Waals surface area (Å²) in [4.78, 5) is 20.8. The fourth-order valence-electron chi connectivity index (χ4n) is 2.46. The van der Waals surface area contributed by atoms with E-state index in [2.05, 4.69) is 20.6 Å². The topological polar surface area (TPSA) is 76.1 Å². The lowest BCUT2D eigenvalue weighted by Crippen LogP contribution is -2.16. The zero-order chi connectivity index (χ0) is 19.2. The quantitative estimate of drug-likeness (QED) is 0.694. The molecule has 0 saturated heterocycles. The average molecular weight is 366 g/mol. The van der Waals surface area contributed by atoms with Crippen LogP contribution in [0.5, 0.6) is 5.75 Å². The van der Waals surface area contributed by atoms with Crippen LogP contribution in [-0.2, 0) is 6.54 Å². The fourth-order valence-corrected chi connectivity index (χ4v) is 2.46. The van der Waals surface area contributed by atoms with Crippen LogP contribution in [0.15, 0.2) is 54.6 Å². The van der Waals surface area contributed by atoms with E-state index in [0.717, 1.165) is 11.3 Å². The maximum Gasteiger partial charge on any atom is 0.274 e. The van der Waals surface area contributed by atoms with Crippen LogP contribution >= 0.6 is 0 Å². The number of para-hydroxylation sites is 1. The van der Waals surface area contributed by atoms with Crippen molar-refractivity contribution in [1.29, 1.82) is 0 Å². The van der Waals surface area contributed by atoms with E-state index >= 15 is 0 Å². The molecule has 27 heavy (non-hydrogen) atoms. The molecule has 6 nitrogen and oxygen atoms in total. The summed E-state index contributed by atoms with van der Waals surface area (Å²) in [6, 6.07) is 15.1. The van der Waals surface area contributed by atoms with E-state index in [1.807, 2.05) is 24.3 Å². The van der Waals surface area contributed by atoms with E-state index in [1.165, 1.54) is 18.2 Å². The Labute approximate surface area is 156 Å². The number of benzene rings is 2. The van der Waals surface area contributed by atoms with Crippen LogP contribution in [0.4, 0.5) is 15.9 Å². The zero-order valence-corrected chi connectivity index (χ0v) is 15.0. The molecule has 2 aromatic carbocycles. The van der Waals surface area contributed by atoms with Gasteiger partial charge in [0.1, 0.15) is 28.9 Å². The van der Waals surface area contributed by atoms with E-state index < -0.39 is 11.7 Å². The normalized spacial score (nSPS) is 10.3. The molecule has 138 valence electrons. The summed E-state index contributed by atoms with van der Waals surface area (Å²) in [7, 11) is 1.62. The van der Waals surface area contributed by atoms with Crippen molar-refractivity contribution in [1.82, 2.24) is 9.97 Å². The van der Waals surface area contributed by atoms with Crippen molar-refractivity contribution >= 4 is 17.4 Å². The lowest BCUT2D eigenvalue weighted by atomic mass is 10.2. The average Bonchev–Trinajstić information content (AvgIpc) is 2.68. The number of rotatable bonds is 6. The first-order valence-corrected chi connectivity index (χ1v) is 8.33. The third-order valence-corrected chi connectivity index (χ3v) is 3.83. The smallest absolute Gasteiger partial charge is 0.274 e. The second-order valence-electron chi connectivity index (χ2n) is 5.82. The summed E-state index contributed by atoms with van der Waals surface area (Å²) in [6.45, 7) is 2.22. The molecule has 0 radical (unpaired) electrons. The Morgan fingerprint density at radius 3 is 2.56 bits per heavy atom. The molecule has 2 N–H and O–H groups in total. The SMILES string of the molecule is COc1ccc(CNc2cc(C(=O)Nc3ccccc3F)nc(C)n2)cc1. The van der Waals surface area contributed by atoms with Gasteiger partial charge in [-0.25, -0.2) is 14.4 Å². The van der Waals surface area contributed by atoms with Crippen LogP contribution in [0.3, 0.4) is 0 Å². The Morgan fingerprint density at radius 1 is 1.11 bits per heavy atom. The number of nitrogens with one attached hydrogen (secondary N) is 2. The highest BCUT2D eigenvalue weighted by Crippen LogP contribution is 2.16. The van der Waals surface area contributed by atoms with Gasteiger partial charge in [-0.15, -0.1) is 0 Å². The molecule has 3 rings (SSSR count). The van der Waals surface area contributed by atoms with Gasteiger partial charge in [0.15, 0.2) is 0 Å². The minimum absolute atomic E-state index is 0.103. The summed E-state index contributed by atoms with van der Waals surface area (Å²) in [5.74, 6) is 0.724. The molecule has 0 spiro atoms. The molecular formula is C20H19FN4O2. The number of carbonyl (C=O) groups excluding carboxylic acids is 1. The van der Waals surface area contributed by atoms with Gasteiger partial charge in [-0.3, -0.25) is 4.79 Å². The Hall–Kier alpha value is -3.48. The molecule has 0 aliphatic carbocycles. The van der Waals surface area contributed by atoms with Gasteiger partial charge in [-0.2, -0.15) is 0 Å². The maximum atomic E-state index is 13.7. The van der Waals surface area contributed by atoms with Crippen LogP contribution in [-0.4, -0.2) is 23.0 Å². The van der Waals surface area contributed by atoms with Gasteiger partial charge in [-0.05, 0) is 36.8 Å². The molecule has 0 saturated carbocycles. The molecular weight excluding hydrogens is 347 g/mol. The number of hydrogen-bond donors (Lipinski definition) is 2. The van der Waals surface area contributed by atoms with Gasteiger partial charge in [0, 0.05) is 12.6 Å². The lowest BCUT2D eigenvalue weighted by molar-refractivity contribution is 0.102. The zero-order valence-electron chi connectivity index (χ0n) is 15.0. The Balaban J connectivity index is 1.71. The third-order valence-electron chi connectivity index (χ3n) is 3.83. The number of hydrogen-bond acceptors (Lipinski definition) is 5. The van der Waals surface area contributed by atoms with Crippen molar-refractivity contribution < 1.29 is 13.9 Å². The predicted octanol–water partition coefficient (Wildman–Crippen LogP) is 3.80. The van der Waals surface area contributed by atoms with Gasteiger partial charge in [0.25, 0.3) is 5.91 Å². The standard InChI is InChI=1S/C20H19FN4O2/c1-13-23-18(20(26)25-17-6-4-3-5-16(17)21)11-19(24-13)22-12-14-7-9-15(27-2)10-8-14/h3-11H,12H2,1-2H3,(H,25,26)(H,22,23,24). The Bertz CT molecular complexity index is 945. The molecule has 0 aliphatic rings. The highest BCUT2D eigenvalue weighted by molar-refractivity contribution is 6.03. The van der Waals surface area contributed by atoms with Crippen LogP contribution in [0, 0.1) is 12.7 Å². The van der Waals surface area contributed by atoms with Gasteiger partial charge < -0.3 is 15.4 Å². The number of halogens is 1. The van der Waals surface area contributed by atoms with Crippen molar-refractivity contribution in [2.45, 2.75) is 13.5 Å². The molecule has 1 heterocycles. The van der Waals surface area contributed by atoms with Gasteiger partial charge >= 0.3 is 0 Å². The highest BCUT2D eigenvalue weighted by atomic mass is 19.1. The van der Waals surface area contributed by atoms with Gasteiger partial charge in [-0.1, -0.05) is 24.3 Å². The van der Waals surface area contributed by atoms with Crippen molar-refractivity contribution in [3.8, 4) is 5.75 Å². The van der Waals surface area contributed by atoms with E-state index in [-0.39, 0.29) is 11.4 Å². The molecule has 0 fully saturated rings. The monoisotopic (exact) mass is 366 g/mol. The number of ether oxygens (including phenoxy) is 1. The van der Waals surface area contributed by atoms with Gasteiger partial charge in [0.2, 0.25) is 0 Å². The molecule has 0 unspecified atom stereocenters. The van der Waals surface area contributed by atoms with Crippen LogP contribution in [0.2, 0.25) is 0 Å². The number of aromatic nitrogens is 2. The first-order chi connectivity index (χ1) is 13.0. The molecule has 1 aromatic heterocycles. The van der Waals surface area contributed by atoms with Crippen molar-refractivity contribution in [3.05, 3.63) is 77.5 Å². The Kier molecular flexibility index (Phi) is 5.61. The molecule has 3 aromatic rings. The van der Waals surface area contributed by atoms with E-state index in [4.69, 9.17) is 4.74 Å². The third kappa shape index (κ3) is 4.78. The summed E-state index contributed by atoms with van der Waals surface area (Å²) in [5, 5.41) is 5.69. The summed E-state index contributed by atoms with van der Waals surface area (Å²) in [5.41, 5.74) is 1.29. The second-order valence-corrected chi connectivity index (χ2v) is 5.82. The molecule has 0 aliphatic heterocycles. The van der Waals surface area contributed by atoms with Crippen molar-refractivity contribution in [3.63, 3.8) is 0 Å². The Morgan fingerprint density at radius 2 is 1.85 bits per heavy atom. The van der Waals surface area contributed by atoms with E-state index in [0.29, 0.717) is 18.2 Å².